The van der Waals surface area contributed by atoms with Crippen molar-refractivity contribution in [3.05, 3.63) is 23.3 Å². The van der Waals surface area contributed by atoms with E-state index < -0.39 is 0 Å². The van der Waals surface area contributed by atoms with Crippen LogP contribution in [0, 0.1) is 5.92 Å². The van der Waals surface area contributed by atoms with Crippen LogP contribution in [0.1, 0.15) is 43.2 Å². The first kappa shape index (κ1) is 15.2. The molecule has 4 nitrogen and oxygen atoms in total. The lowest BCUT2D eigenvalue weighted by atomic mass is 9.83. The van der Waals surface area contributed by atoms with Crippen molar-refractivity contribution in [2.24, 2.45) is 5.92 Å². The first-order chi connectivity index (χ1) is 10.7. The molecule has 1 unspecified atom stereocenters. The van der Waals surface area contributed by atoms with Gasteiger partial charge in [-0.1, -0.05) is 0 Å². The molecule has 0 heterocycles. The Hall–Kier alpha value is -1.71. The Morgan fingerprint density at radius 3 is 2.45 bits per heavy atom. The lowest BCUT2D eigenvalue weighted by Gasteiger charge is -2.25. The number of rotatable bonds is 4. The molecule has 0 N–H and O–H groups in total. The number of carbonyl (C=O) groups is 1. The fourth-order valence-corrected chi connectivity index (χ4v) is 3.57. The van der Waals surface area contributed by atoms with Crippen LogP contribution in [-0.4, -0.2) is 26.3 Å². The number of esters is 1. The van der Waals surface area contributed by atoms with Crippen molar-refractivity contribution >= 4 is 5.97 Å². The smallest absolute Gasteiger partial charge is 0.309 e. The second kappa shape index (κ2) is 6.59. The van der Waals surface area contributed by atoms with Gasteiger partial charge >= 0.3 is 5.97 Å². The molecule has 1 atom stereocenters. The van der Waals surface area contributed by atoms with E-state index in [9.17, 15) is 4.79 Å². The minimum Gasteiger partial charge on any atom is -0.493 e. The van der Waals surface area contributed by atoms with Crippen molar-refractivity contribution in [2.45, 2.75) is 51.0 Å². The van der Waals surface area contributed by atoms with Gasteiger partial charge in [0.05, 0.1) is 26.2 Å². The van der Waals surface area contributed by atoms with E-state index in [0.717, 1.165) is 43.6 Å². The third-order valence-electron chi connectivity index (χ3n) is 4.84. The van der Waals surface area contributed by atoms with Gasteiger partial charge < -0.3 is 14.2 Å². The molecule has 0 saturated heterocycles. The minimum atomic E-state index is -0.111. The Bertz CT molecular complexity index is 546. The molecule has 1 saturated carbocycles. The van der Waals surface area contributed by atoms with Crippen molar-refractivity contribution in [2.75, 3.05) is 14.2 Å². The number of hydrogen-bond donors (Lipinski definition) is 0. The molecule has 3 rings (SSSR count). The average molecular weight is 304 g/mol. The van der Waals surface area contributed by atoms with Gasteiger partial charge in [-0.15, -0.1) is 0 Å². The van der Waals surface area contributed by atoms with Crippen LogP contribution in [0.4, 0.5) is 0 Å². The van der Waals surface area contributed by atoms with Gasteiger partial charge in [-0.25, -0.2) is 0 Å². The number of carbonyl (C=O) groups excluding carboxylic acids is 1. The fraction of sp³-hybridized carbons (Fsp3) is 0.611. The molecule has 1 aromatic carbocycles. The summed E-state index contributed by atoms with van der Waals surface area (Å²) in [5.74, 6) is 1.48. The highest BCUT2D eigenvalue weighted by atomic mass is 16.5. The fourth-order valence-electron chi connectivity index (χ4n) is 3.57. The van der Waals surface area contributed by atoms with E-state index in [0.29, 0.717) is 6.10 Å². The van der Waals surface area contributed by atoms with Crippen molar-refractivity contribution in [1.29, 1.82) is 0 Å². The maximum atomic E-state index is 11.8. The number of fused-ring (bicyclic) bond motifs is 1. The molecule has 0 bridgehead atoms. The molecule has 4 heteroatoms. The summed E-state index contributed by atoms with van der Waals surface area (Å²) in [6.45, 7) is 0. The normalized spacial score (nSPS) is 21.3. The zero-order valence-electron chi connectivity index (χ0n) is 13.4. The molecule has 1 fully saturated rings. The Kier molecular flexibility index (Phi) is 4.55. The summed E-state index contributed by atoms with van der Waals surface area (Å²) in [6.07, 6.45) is 7.46. The molecule has 0 spiro atoms. The molecule has 0 aliphatic heterocycles. The highest BCUT2D eigenvalue weighted by Gasteiger charge is 2.27. The highest BCUT2D eigenvalue weighted by molar-refractivity contribution is 5.73. The summed E-state index contributed by atoms with van der Waals surface area (Å²) in [6, 6.07) is 4.15. The lowest BCUT2D eigenvalue weighted by Crippen LogP contribution is -2.24. The number of ether oxygens (including phenoxy) is 3. The van der Waals surface area contributed by atoms with Crippen molar-refractivity contribution in [1.82, 2.24) is 0 Å². The van der Waals surface area contributed by atoms with Gasteiger partial charge in [0, 0.05) is 0 Å². The number of methoxy groups -OCH3 is 2. The van der Waals surface area contributed by atoms with Crippen LogP contribution >= 0.6 is 0 Å². The monoisotopic (exact) mass is 304 g/mol. The lowest BCUT2D eigenvalue weighted by molar-refractivity contribution is -0.145. The summed E-state index contributed by atoms with van der Waals surface area (Å²) < 4.78 is 16.5. The van der Waals surface area contributed by atoms with Crippen molar-refractivity contribution < 1.29 is 19.0 Å². The van der Waals surface area contributed by atoms with Gasteiger partial charge in [-0.2, -0.15) is 0 Å². The summed E-state index contributed by atoms with van der Waals surface area (Å²) in [4.78, 5) is 11.8. The predicted octanol–water partition coefficient (Wildman–Crippen LogP) is 3.29. The predicted molar refractivity (Wildman–Crippen MR) is 83.4 cm³/mol. The van der Waals surface area contributed by atoms with E-state index in [1.54, 1.807) is 7.11 Å². The van der Waals surface area contributed by atoms with Crippen LogP contribution in [0.15, 0.2) is 12.1 Å². The van der Waals surface area contributed by atoms with Crippen LogP contribution in [0.5, 0.6) is 11.5 Å². The first-order valence-electron chi connectivity index (χ1n) is 8.15. The molecule has 22 heavy (non-hydrogen) atoms. The Labute approximate surface area is 131 Å². The van der Waals surface area contributed by atoms with E-state index in [1.165, 1.54) is 31.1 Å². The third-order valence-corrected chi connectivity index (χ3v) is 4.84. The zero-order valence-corrected chi connectivity index (χ0v) is 13.4. The number of benzene rings is 1. The first-order valence-corrected chi connectivity index (χ1v) is 8.15. The Balaban J connectivity index is 1.83. The van der Waals surface area contributed by atoms with E-state index in [4.69, 9.17) is 14.2 Å². The van der Waals surface area contributed by atoms with Crippen LogP contribution in [0.2, 0.25) is 0 Å². The number of hydrogen-bond acceptors (Lipinski definition) is 4. The van der Waals surface area contributed by atoms with Gasteiger partial charge in [0.1, 0.15) is 0 Å². The van der Waals surface area contributed by atoms with Crippen molar-refractivity contribution in [3.63, 3.8) is 0 Å². The number of aryl methyl sites for hydroxylation is 1. The Morgan fingerprint density at radius 2 is 1.77 bits per heavy atom. The van der Waals surface area contributed by atoms with E-state index >= 15 is 0 Å². The second-order valence-corrected chi connectivity index (χ2v) is 6.26. The summed E-state index contributed by atoms with van der Waals surface area (Å²) in [5.41, 5.74) is 2.45. The molecule has 2 aliphatic carbocycles. The molecule has 120 valence electrons. The molecule has 0 aromatic heterocycles. The molecular weight excluding hydrogens is 280 g/mol. The third kappa shape index (κ3) is 3.06. The Morgan fingerprint density at radius 1 is 1.05 bits per heavy atom. The molecule has 1 aromatic rings. The topological polar surface area (TPSA) is 44.8 Å². The van der Waals surface area contributed by atoms with Gasteiger partial charge in [0.15, 0.2) is 11.5 Å². The summed E-state index contributed by atoms with van der Waals surface area (Å²) in [5, 5.41) is 0. The largest absolute Gasteiger partial charge is 0.493 e. The van der Waals surface area contributed by atoms with Crippen LogP contribution in [0.3, 0.4) is 0 Å². The second-order valence-electron chi connectivity index (χ2n) is 6.26. The van der Waals surface area contributed by atoms with Crippen LogP contribution in [0.25, 0.3) is 0 Å². The summed E-state index contributed by atoms with van der Waals surface area (Å²) in [7, 11) is 3.14. The standard InChI is InChI=1S/C18H24O4/c1-20-16-10-12-7-8-13(18(19)21-2)9-14(12)11-17(16)22-15-5-3-4-6-15/h10-11,13,15H,3-9H2,1-2H3. The zero-order chi connectivity index (χ0) is 15.5. The van der Waals surface area contributed by atoms with E-state index in [-0.39, 0.29) is 11.9 Å². The average Bonchev–Trinajstić information content (AvgIpc) is 3.06. The minimum absolute atomic E-state index is 0.0368. The molecular formula is C18H24O4. The highest BCUT2D eigenvalue weighted by Crippen LogP contribution is 2.37. The van der Waals surface area contributed by atoms with E-state index in [1.807, 2.05) is 0 Å². The molecule has 2 aliphatic rings. The van der Waals surface area contributed by atoms with Crippen LogP contribution in [-0.2, 0) is 22.4 Å². The quantitative estimate of drug-likeness (QED) is 0.801. The van der Waals surface area contributed by atoms with Crippen LogP contribution < -0.4 is 9.47 Å². The summed E-state index contributed by atoms with van der Waals surface area (Å²) >= 11 is 0. The van der Waals surface area contributed by atoms with Gasteiger partial charge in [-0.05, 0) is 68.2 Å². The van der Waals surface area contributed by atoms with Gasteiger partial charge in [0.2, 0.25) is 0 Å². The molecule has 0 amide bonds. The maximum absolute atomic E-state index is 11.8. The van der Waals surface area contributed by atoms with Crippen molar-refractivity contribution in [3.8, 4) is 11.5 Å². The maximum Gasteiger partial charge on any atom is 0.309 e. The van der Waals surface area contributed by atoms with Gasteiger partial charge in [0.25, 0.3) is 0 Å². The van der Waals surface area contributed by atoms with Gasteiger partial charge in [-0.3, -0.25) is 4.79 Å². The SMILES string of the molecule is COC(=O)C1CCc2cc(OC)c(OC3CCCC3)cc2C1. The van der Waals surface area contributed by atoms with E-state index in [2.05, 4.69) is 12.1 Å². The molecule has 0 radical (unpaired) electrons.